The summed E-state index contributed by atoms with van der Waals surface area (Å²) < 4.78 is 0. The molecule has 0 aromatic carbocycles. The summed E-state index contributed by atoms with van der Waals surface area (Å²) in [6, 6.07) is 0.685. The van der Waals surface area contributed by atoms with E-state index in [0.717, 1.165) is 5.92 Å². The molecule has 0 aromatic rings. The monoisotopic (exact) mass is 199 g/mol. The lowest BCUT2D eigenvalue weighted by molar-refractivity contribution is 0.0820. The molecule has 0 aromatic heterocycles. The molecule has 0 amide bonds. The van der Waals surface area contributed by atoms with E-state index in [0.29, 0.717) is 12.0 Å². The summed E-state index contributed by atoms with van der Waals surface area (Å²) in [5, 5.41) is 12.9. The van der Waals surface area contributed by atoms with Crippen molar-refractivity contribution in [2.24, 2.45) is 11.8 Å². The third-order valence-corrected chi connectivity index (χ3v) is 3.88. The summed E-state index contributed by atoms with van der Waals surface area (Å²) in [7, 11) is 2.06. The highest BCUT2D eigenvalue weighted by molar-refractivity contribution is 4.81. The summed E-state index contributed by atoms with van der Waals surface area (Å²) >= 11 is 0. The number of hydrogen-bond donors (Lipinski definition) is 2. The minimum Gasteiger partial charge on any atom is -0.393 e. The summed E-state index contributed by atoms with van der Waals surface area (Å²) in [5.41, 5.74) is 0. The van der Waals surface area contributed by atoms with Gasteiger partial charge in [-0.15, -0.1) is 0 Å². The molecule has 0 radical (unpaired) electrons. The Labute approximate surface area is 88.1 Å². The molecule has 1 unspecified atom stereocenters. The van der Waals surface area contributed by atoms with E-state index in [4.69, 9.17) is 0 Å². The van der Waals surface area contributed by atoms with Crippen LogP contribution in [0.15, 0.2) is 0 Å². The summed E-state index contributed by atoms with van der Waals surface area (Å²) in [4.78, 5) is 0. The van der Waals surface area contributed by atoms with Gasteiger partial charge in [-0.2, -0.15) is 0 Å². The van der Waals surface area contributed by atoms with Gasteiger partial charge in [0.2, 0.25) is 0 Å². The first-order valence-electron chi connectivity index (χ1n) is 6.04. The van der Waals surface area contributed by atoms with Gasteiger partial charge < -0.3 is 10.4 Å². The molecule has 0 bridgehead atoms. The SMILES string of the molecule is CC[C@@H](NC)C1CCC(C(C)O)CC1. The van der Waals surface area contributed by atoms with Crippen molar-refractivity contribution >= 4 is 0 Å². The lowest BCUT2D eigenvalue weighted by Crippen LogP contribution is -2.36. The van der Waals surface area contributed by atoms with Crippen molar-refractivity contribution in [2.45, 2.75) is 58.1 Å². The quantitative estimate of drug-likeness (QED) is 0.727. The molecule has 1 rings (SSSR count). The van der Waals surface area contributed by atoms with Gasteiger partial charge in [0.15, 0.2) is 0 Å². The van der Waals surface area contributed by atoms with Crippen molar-refractivity contribution in [1.29, 1.82) is 0 Å². The minimum atomic E-state index is -0.106. The van der Waals surface area contributed by atoms with Gasteiger partial charge in [-0.1, -0.05) is 6.92 Å². The Bertz CT molecular complexity index is 146. The first-order valence-corrected chi connectivity index (χ1v) is 6.04. The Kier molecular flexibility index (Phi) is 4.90. The Morgan fingerprint density at radius 3 is 2.07 bits per heavy atom. The van der Waals surface area contributed by atoms with Gasteiger partial charge in [-0.25, -0.2) is 0 Å². The molecular weight excluding hydrogens is 174 g/mol. The lowest BCUT2D eigenvalue weighted by Gasteiger charge is -2.34. The van der Waals surface area contributed by atoms with Crippen LogP contribution in [0.4, 0.5) is 0 Å². The zero-order valence-electron chi connectivity index (χ0n) is 9.79. The second-order valence-electron chi connectivity index (χ2n) is 4.72. The molecule has 0 aliphatic heterocycles. The molecule has 1 aliphatic carbocycles. The van der Waals surface area contributed by atoms with Crippen molar-refractivity contribution < 1.29 is 5.11 Å². The van der Waals surface area contributed by atoms with Crippen LogP contribution in [0, 0.1) is 11.8 Å². The zero-order chi connectivity index (χ0) is 10.6. The third-order valence-electron chi connectivity index (χ3n) is 3.88. The first-order chi connectivity index (χ1) is 6.69. The number of hydrogen-bond acceptors (Lipinski definition) is 2. The van der Waals surface area contributed by atoms with E-state index in [9.17, 15) is 5.11 Å². The number of aliphatic hydroxyl groups excluding tert-OH is 1. The van der Waals surface area contributed by atoms with Crippen molar-refractivity contribution in [3.8, 4) is 0 Å². The largest absolute Gasteiger partial charge is 0.393 e. The maximum absolute atomic E-state index is 9.50. The molecule has 1 aliphatic rings. The molecular formula is C12H25NO. The maximum atomic E-state index is 9.50. The van der Waals surface area contributed by atoms with Gasteiger partial charge in [0.05, 0.1) is 6.10 Å². The summed E-state index contributed by atoms with van der Waals surface area (Å²) in [6.07, 6.45) is 6.11. The van der Waals surface area contributed by atoms with E-state index < -0.39 is 0 Å². The second kappa shape index (κ2) is 5.72. The zero-order valence-corrected chi connectivity index (χ0v) is 9.79. The van der Waals surface area contributed by atoms with Crippen molar-refractivity contribution in [3.05, 3.63) is 0 Å². The predicted octanol–water partition coefficient (Wildman–Crippen LogP) is 2.17. The second-order valence-corrected chi connectivity index (χ2v) is 4.72. The smallest absolute Gasteiger partial charge is 0.0540 e. The number of nitrogens with one attached hydrogen (secondary N) is 1. The minimum absolute atomic E-state index is 0.106. The molecule has 84 valence electrons. The fraction of sp³-hybridized carbons (Fsp3) is 1.00. The summed E-state index contributed by atoms with van der Waals surface area (Å²) in [5.74, 6) is 1.39. The van der Waals surface area contributed by atoms with Crippen LogP contribution in [0.2, 0.25) is 0 Å². The third kappa shape index (κ3) is 2.96. The van der Waals surface area contributed by atoms with Crippen molar-refractivity contribution in [3.63, 3.8) is 0 Å². The van der Waals surface area contributed by atoms with Crippen LogP contribution in [0.1, 0.15) is 46.0 Å². The highest BCUT2D eigenvalue weighted by Crippen LogP contribution is 2.33. The van der Waals surface area contributed by atoms with E-state index in [-0.39, 0.29) is 6.10 Å². The number of rotatable bonds is 4. The normalized spacial score (nSPS) is 32.6. The van der Waals surface area contributed by atoms with Crippen LogP contribution in [0.5, 0.6) is 0 Å². The van der Waals surface area contributed by atoms with Gasteiger partial charge in [-0.05, 0) is 57.9 Å². The van der Waals surface area contributed by atoms with Crippen LogP contribution in [0.3, 0.4) is 0 Å². The van der Waals surface area contributed by atoms with Crippen LogP contribution in [0.25, 0.3) is 0 Å². The van der Waals surface area contributed by atoms with Gasteiger partial charge in [0, 0.05) is 6.04 Å². The fourth-order valence-corrected chi connectivity index (χ4v) is 2.80. The van der Waals surface area contributed by atoms with Crippen LogP contribution < -0.4 is 5.32 Å². The van der Waals surface area contributed by atoms with E-state index >= 15 is 0 Å². The van der Waals surface area contributed by atoms with E-state index in [1.807, 2.05) is 6.92 Å². The van der Waals surface area contributed by atoms with Crippen LogP contribution >= 0.6 is 0 Å². The van der Waals surface area contributed by atoms with Crippen molar-refractivity contribution in [1.82, 2.24) is 5.32 Å². The maximum Gasteiger partial charge on any atom is 0.0540 e. The average Bonchev–Trinajstić information content (AvgIpc) is 2.20. The molecule has 14 heavy (non-hydrogen) atoms. The van der Waals surface area contributed by atoms with Gasteiger partial charge in [-0.3, -0.25) is 0 Å². The first kappa shape index (κ1) is 12.0. The molecule has 0 heterocycles. The van der Waals surface area contributed by atoms with Crippen molar-refractivity contribution in [2.75, 3.05) is 7.05 Å². The molecule has 2 heteroatoms. The standard InChI is InChI=1S/C12H25NO/c1-4-12(13-3)11-7-5-10(6-8-11)9(2)14/h9-14H,4-8H2,1-3H3/t9?,10?,11?,12-/m1/s1. The Morgan fingerprint density at radius 1 is 1.21 bits per heavy atom. The fourth-order valence-electron chi connectivity index (χ4n) is 2.80. The van der Waals surface area contributed by atoms with Gasteiger partial charge in [0.25, 0.3) is 0 Å². The van der Waals surface area contributed by atoms with Crippen LogP contribution in [-0.2, 0) is 0 Å². The van der Waals surface area contributed by atoms with Gasteiger partial charge in [0.1, 0.15) is 0 Å². The molecule has 0 spiro atoms. The van der Waals surface area contributed by atoms with Gasteiger partial charge >= 0.3 is 0 Å². The average molecular weight is 199 g/mol. The van der Waals surface area contributed by atoms with E-state index in [1.165, 1.54) is 32.1 Å². The Balaban J connectivity index is 2.34. The summed E-state index contributed by atoms with van der Waals surface area (Å²) in [6.45, 7) is 4.18. The van der Waals surface area contributed by atoms with E-state index in [2.05, 4.69) is 19.3 Å². The molecule has 1 saturated carbocycles. The molecule has 2 atom stereocenters. The molecule has 2 N–H and O–H groups in total. The van der Waals surface area contributed by atoms with Crippen LogP contribution in [-0.4, -0.2) is 24.3 Å². The highest BCUT2D eigenvalue weighted by atomic mass is 16.3. The number of aliphatic hydroxyl groups is 1. The molecule has 2 nitrogen and oxygen atoms in total. The Morgan fingerprint density at radius 2 is 1.71 bits per heavy atom. The van der Waals surface area contributed by atoms with E-state index in [1.54, 1.807) is 0 Å². The lowest BCUT2D eigenvalue weighted by atomic mass is 9.76. The molecule has 0 saturated heterocycles. The molecule has 1 fully saturated rings. The predicted molar refractivity (Wildman–Crippen MR) is 60.3 cm³/mol. The topological polar surface area (TPSA) is 32.3 Å². The highest BCUT2D eigenvalue weighted by Gasteiger charge is 2.27. The Hall–Kier alpha value is -0.0800.